The van der Waals surface area contributed by atoms with Crippen molar-refractivity contribution in [3.05, 3.63) is 29.6 Å². The average molecular weight is 307 g/mol. The number of ether oxygens (including phenoxy) is 1. The Kier molecular flexibility index (Phi) is 4.43. The molecule has 2 N–H and O–H groups in total. The molecule has 1 aliphatic carbocycles. The van der Waals surface area contributed by atoms with E-state index in [2.05, 4.69) is 10.1 Å². The summed E-state index contributed by atoms with van der Waals surface area (Å²) in [7, 11) is 0. The predicted octanol–water partition coefficient (Wildman–Crippen LogP) is 2.97. The minimum Gasteiger partial charge on any atom is -0.405 e. The van der Waals surface area contributed by atoms with E-state index in [1.54, 1.807) is 0 Å². The fourth-order valence-corrected chi connectivity index (χ4v) is 2.24. The van der Waals surface area contributed by atoms with E-state index in [1.165, 1.54) is 6.07 Å². The van der Waals surface area contributed by atoms with E-state index in [0.717, 1.165) is 18.9 Å². The third-order valence-corrected chi connectivity index (χ3v) is 3.74. The lowest BCUT2D eigenvalue weighted by Crippen LogP contribution is -2.47. The number of nitrogens with one attached hydrogen (secondary N) is 1. The van der Waals surface area contributed by atoms with Crippen molar-refractivity contribution in [1.82, 2.24) is 5.32 Å². The molecule has 1 unspecified atom stereocenters. The van der Waals surface area contributed by atoms with Crippen molar-refractivity contribution in [2.75, 3.05) is 6.61 Å². The standard InChI is InChI=1S/C14H17F4NO2/c1-13(8-20,10-3-4-10)19-7-9-2-5-11(15)6-12(9)21-14(16,17)18/h2,5-6,10,19-20H,3-4,7-8H2,1H3. The number of aliphatic hydroxyl groups is 1. The van der Waals surface area contributed by atoms with E-state index in [-0.39, 0.29) is 18.7 Å². The molecule has 0 aromatic heterocycles. The second-order valence-corrected chi connectivity index (χ2v) is 5.50. The molecule has 0 bridgehead atoms. The molecule has 0 heterocycles. The first kappa shape index (κ1) is 16.0. The molecule has 0 amide bonds. The summed E-state index contributed by atoms with van der Waals surface area (Å²) in [5, 5.41) is 12.5. The molecular formula is C14H17F4NO2. The minimum atomic E-state index is -4.88. The lowest BCUT2D eigenvalue weighted by atomic mass is 9.96. The van der Waals surface area contributed by atoms with Crippen LogP contribution in [0, 0.1) is 11.7 Å². The number of hydrogen-bond acceptors (Lipinski definition) is 3. The van der Waals surface area contributed by atoms with Crippen LogP contribution >= 0.6 is 0 Å². The summed E-state index contributed by atoms with van der Waals surface area (Å²) in [5.74, 6) is -1.06. The van der Waals surface area contributed by atoms with Gasteiger partial charge in [0.15, 0.2) is 0 Å². The first-order valence-electron chi connectivity index (χ1n) is 6.63. The summed E-state index contributed by atoms with van der Waals surface area (Å²) in [4.78, 5) is 0. The van der Waals surface area contributed by atoms with Gasteiger partial charge in [0.25, 0.3) is 0 Å². The molecule has 0 radical (unpaired) electrons. The molecule has 1 saturated carbocycles. The van der Waals surface area contributed by atoms with Gasteiger partial charge in [0.05, 0.1) is 6.61 Å². The molecule has 2 rings (SSSR count). The highest BCUT2D eigenvalue weighted by molar-refractivity contribution is 5.34. The number of alkyl halides is 3. The van der Waals surface area contributed by atoms with Gasteiger partial charge in [0.2, 0.25) is 0 Å². The maximum absolute atomic E-state index is 13.1. The normalized spacial score (nSPS) is 18.4. The molecule has 118 valence electrons. The zero-order chi connectivity index (χ0) is 15.7. The summed E-state index contributed by atoms with van der Waals surface area (Å²) < 4.78 is 53.9. The van der Waals surface area contributed by atoms with Crippen LogP contribution in [0.4, 0.5) is 17.6 Å². The molecule has 3 nitrogen and oxygen atoms in total. The second kappa shape index (κ2) is 5.81. The van der Waals surface area contributed by atoms with E-state index in [9.17, 15) is 22.7 Å². The molecule has 0 aliphatic heterocycles. The van der Waals surface area contributed by atoms with Gasteiger partial charge in [0, 0.05) is 23.7 Å². The van der Waals surface area contributed by atoms with E-state index in [0.29, 0.717) is 12.0 Å². The predicted molar refractivity (Wildman–Crippen MR) is 68.1 cm³/mol. The molecule has 1 aromatic carbocycles. The van der Waals surface area contributed by atoms with Crippen molar-refractivity contribution < 1.29 is 27.4 Å². The van der Waals surface area contributed by atoms with E-state index in [1.807, 2.05) is 6.92 Å². The maximum Gasteiger partial charge on any atom is 0.573 e. The van der Waals surface area contributed by atoms with Crippen molar-refractivity contribution in [3.8, 4) is 5.75 Å². The van der Waals surface area contributed by atoms with Gasteiger partial charge < -0.3 is 15.2 Å². The van der Waals surface area contributed by atoms with Crippen LogP contribution in [-0.4, -0.2) is 23.6 Å². The number of halogens is 4. The Morgan fingerprint density at radius 2 is 2.00 bits per heavy atom. The van der Waals surface area contributed by atoms with Crippen LogP contribution in [0.25, 0.3) is 0 Å². The van der Waals surface area contributed by atoms with Crippen LogP contribution in [0.1, 0.15) is 25.3 Å². The second-order valence-electron chi connectivity index (χ2n) is 5.50. The Balaban J connectivity index is 2.12. The summed E-state index contributed by atoms with van der Waals surface area (Å²) in [6.45, 7) is 1.76. The molecular weight excluding hydrogens is 290 g/mol. The molecule has 7 heteroatoms. The average Bonchev–Trinajstić information content (AvgIpc) is 3.20. The monoisotopic (exact) mass is 307 g/mol. The van der Waals surface area contributed by atoms with Crippen LogP contribution in [-0.2, 0) is 6.54 Å². The fraction of sp³-hybridized carbons (Fsp3) is 0.571. The quantitative estimate of drug-likeness (QED) is 0.794. The van der Waals surface area contributed by atoms with Crippen LogP contribution in [0.2, 0.25) is 0 Å². The van der Waals surface area contributed by atoms with Crippen LogP contribution in [0.5, 0.6) is 5.75 Å². The Morgan fingerprint density at radius 1 is 1.33 bits per heavy atom. The number of rotatable bonds is 6. The molecule has 1 fully saturated rings. The lowest BCUT2D eigenvalue weighted by Gasteiger charge is -2.29. The van der Waals surface area contributed by atoms with Gasteiger partial charge in [-0.3, -0.25) is 0 Å². The Bertz CT molecular complexity index is 502. The summed E-state index contributed by atoms with van der Waals surface area (Å²) >= 11 is 0. The van der Waals surface area contributed by atoms with E-state index in [4.69, 9.17) is 0 Å². The number of hydrogen-bond donors (Lipinski definition) is 2. The van der Waals surface area contributed by atoms with Crippen molar-refractivity contribution in [2.45, 2.75) is 38.2 Å². The van der Waals surface area contributed by atoms with Gasteiger partial charge in [-0.15, -0.1) is 13.2 Å². The largest absolute Gasteiger partial charge is 0.573 e. The number of benzene rings is 1. The zero-order valence-electron chi connectivity index (χ0n) is 11.5. The first-order valence-corrected chi connectivity index (χ1v) is 6.63. The van der Waals surface area contributed by atoms with Crippen molar-refractivity contribution in [3.63, 3.8) is 0 Å². The highest BCUT2D eigenvalue weighted by Gasteiger charge is 2.41. The molecule has 0 spiro atoms. The molecule has 1 aliphatic rings. The van der Waals surface area contributed by atoms with Crippen molar-refractivity contribution in [1.29, 1.82) is 0 Å². The van der Waals surface area contributed by atoms with E-state index >= 15 is 0 Å². The van der Waals surface area contributed by atoms with Gasteiger partial charge in [-0.2, -0.15) is 0 Å². The zero-order valence-corrected chi connectivity index (χ0v) is 11.5. The van der Waals surface area contributed by atoms with Gasteiger partial charge in [0.1, 0.15) is 11.6 Å². The van der Waals surface area contributed by atoms with Crippen LogP contribution < -0.4 is 10.1 Å². The summed E-state index contributed by atoms with van der Waals surface area (Å²) in [6.07, 6.45) is -2.93. The van der Waals surface area contributed by atoms with Gasteiger partial charge >= 0.3 is 6.36 Å². The lowest BCUT2D eigenvalue weighted by molar-refractivity contribution is -0.275. The maximum atomic E-state index is 13.1. The van der Waals surface area contributed by atoms with E-state index < -0.39 is 23.5 Å². The van der Waals surface area contributed by atoms with Gasteiger partial charge in [-0.05, 0) is 31.7 Å². The van der Waals surface area contributed by atoms with Crippen LogP contribution in [0.3, 0.4) is 0 Å². The number of aliphatic hydroxyl groups excluding tert-OH is 1. The van der Waals surface area contributed by atoms with Crippen molar-refractivity contribution in [2.24, 2.45) is 5.92 Å². The summed E-state index contributed by atoms with van der Waals surface area (Å²) in [6, 6.07) is 3.03. The Morgan fingerprint density at radius 3 is 2.52 bits per heavy atom. The fourth-order valence-electron chi connectivity index (χ4n) is 2.24. The highest BCUT2D eigenvalue weighted by Crippen LogP contribution is 2.39. The summed E-state index contributed by atoms with van der Waals surface area (Å²) in [5.41, 5.74) is -0.363. The Hall–Kier alpha value is -1.34. The third-order valence-electron chi connectivity index (χ3n) is 3.74. The molecule has 0 saturated heterocycles. The van der Waals surface area contributed by atoms with Gasteiger partial charge in [-0.25, -0.2) is 4.39 Å². The smallest absolute Gasteiger partial charge is 0.405 e. The highest BCUT2D eigenvalue weighted by atomic mass is 19.4. The molecule has 1 aromatic rings. The topological polar surface area (TPSA) is 41.5 Å². The first-order chi connectivity index (χ1) is 9.73. The third kappa shape index (κ3) is 4.31. The molecule has 21 heavy (non-hydrogen) atoms. The van der Waals surface area contributed by atoms with Gasteiger partial charge in [-0.1, -0.05) is 6.07 Å². The Labute approximate surface area is 119 Å². The minimum absolute atomic E-state index is 0.0548. The SMILES string of the molecule is CC(CO)(NCc1ccc(F)cc1OC(F)(F)F)C1CC1. The van der Waals surface area contributed by atoms with Crippen molar-refractivity contribution >= 4 is 0 Å². The molecule has 1 atom stereocenters. The van der Waals surface area contributed by atoms with Crippen LogP contribution in [0.15, 0.2) is 18.2 Å².